The maximum Gasteiger partial charge on any atom is 0.264 e. The van der Waals surface area contributed by atoms with Crippen LogP contribution in [0.15, 0.2) is 102 Å². The molecule has 0 saturated carbocycles. The molecule has 0 spiro atoms. The van der Waals surface area contributed by atoms with Crippen molar-refractivity contribution < 1.29 is 27.5 Å². The van der Waals surface area contributed by atoms with Crippen LogP contribution in [0.3, 0.4) is 0 Å². The summed E-state index contributed by atoms with van der Waals surface area (Å²) in [7, 11) is -1.45. The molecule has 4 aromatic rings. The van der Waals surface area contributed by atoms with Gasteiger partial charge in [0.05, 0.1) is 24.8 Å². The number of rotatable bonds is 15. The van der Waals surface area contributed by atoms with Crippen molar-refractivity contribution in [3.8, 4) is 11.5 Å². The number of methoxy groups -OCH3 is 2. The van der Waals surface area contributed by atoms with Crippen molar-refractivity contribution in [2.45, 2.75) is 50.2 Å². The van der Waals surface area contributed by atoms with E-state index in [9.17, 15) is 18.0 Å². The van der Waals surface area contributed by atoms with Crippen LogP contribution in [-0.2, 0) is 32.6 Å². The number of nitrogens with zero attached hydrogens (tertiary/aromatic N) is 2. The molecular weight excluding hydrogens is 673 g/mol. The van der Waals surface area contributed by atoms with Crippen LogP contribution in [-0.4, -0.2) is 58.0 Å². The van der Waals surface area contributed by atoms with Gasteiger partial charge in [-0.2, -0.15) is 0 Å². The van der Waals surface area contributed by atoms with Gasteiger partial charge in [-0.25, -0.2) is 8.42 Å². The van der Waals surface area contributed by atoms with Crippen molar-refractivity contribution in [1.29, 1.82) is 0 Å². The van der Waals surface area contributed by atoms with Crippen molar-refractivity contribution in [3.05, 3.63) is 118 Å². The first-order valence-electron chi connectivity index (χ1n) is 15.4. The highest BCUT2D eigenvalue weighted by molar-refractivity contribution is 7.92. The fourth-order valence-corrected chi connectivity index (χ4v) is 6.95. The highest BCUT2D eigenvalue weighted by Crippen LogP contribution is 2.33. The molecule has 0 saturated heterocycles. The van der Waals surface area contributed by atoms with E-state index in [-0.39, 0.29) is 41.2 Å². The van der Waals surface area contributed by atoms with Gasteiger partial charge in [0, 0.05) is 29.1 Å². The number of carbonyl (C=O) groups excluding carboxylic acids is 2. The van der Waals surface area contributed by atoms with Crippen LogP contribution in [0.1, 0.15) is 31.4 Å². The summed E-state index contributed by atoms with van der Waals surface area (Å²) in [6.07, 6.45) is 0.836. The predicted octanol–water partition coefficient (Wildman–Crippen LogP) is 6.76. The lowest BCUT2D eigenvalue weighted by Crippen LogP contribution is -2.54. The molecule has 0 aliphatic heterocycles. The van der Waals surface area contributed by atoms with E-state index in [1.54, 1.807) is 42.5 Å². The third-order valence-corrected chi connectivity index (χ3v) is 10.3. The van der Waals surface area contributed by atoms with Crippen LogP contribution in [0.5, 0.6) is 11.5 Å². The third kappa shape index (κ3) is 9.00. The zero-order valence-corrected chi connectivity index (χ0v) is 29.6. The van der Waals surface area contributed by atoms with Crippen molar-refractivity contribution >= 4 is 50.7 Å². The first-order valence-corrected chi connectivity index (χ1v) is 17.6. The number of amides is 2. The maximum atomic E-state index is 14.7. The Hall–Kier alpha value is -4.25. The van der Waals surface area contributed by atoms with Crippen LogP contribution in [0.25, 0.3) is 0 Å². The van der Waals surface area contributed by atoms with Gasteiger partial charge in [-0.3, -0.25) is 13.9 Å². The molecule has 1 N–H and O–H groups in total. The molecule has 0 radical (unpaired) electrons. The molecule has 12 heteroatoms. The van der Waals surface area contributed by atoms with E-state index in [4.69, 9.17) is 32.7 Å². The highest BCUT2D eigenvalue weighted by atomic mass is 35.5. The maximum absolute atomic E-state index is 14.7. The fraction of sp³-hybridized carbons (Fsp3) is 0.278. The lowest BCUT2D eigenvalue weighted by molar-refractivity contribution is -0.140. The van der Waals surface area contributed by atoms with E-state index in [0.29, 0.717) is 27.8 Å². The summed E-state index contributed by atoms with van der Waals surface area (Å²) in [5.41, 5.74) is 1.50. The first kappa shape index (κ1) is 36.6. The van der Waals surface area contributed by atoms with Gasteiger partial charge in [-0.15, -0.1) is 0 Å². The number of nitrogens with one attached hydrogen (secondary N) is 1. The number of hydrogen-bond donors (Lipinski definition) is 1. The van der Waals surface area contributed by atoms with Crippen molar-refractivity contribution in [2.24, 2.45) is 0 Å². The minimum Gasteiger partial charge on any atom is -0.497 e. The Labute approximate surface area is 292 Å². The van der Waals surface area contributed by atoms with Crippen molar-refractivity contribution in [2.75, 3.05) is 25.1 Å². The quantitative estimate of drug-likeness (QED) is 0.146. The Morgan fingerprint density at radius 1 is 0.875 bits per heavy atom. The fourth-order valence-electron chi connectivity index (χ4n) is 5.05. The molecule has 0 unspecified atom stereocenters. The summed E-state index contributed by atoms with van der Waals surface area (Å²) in [5.74, 6) is -0.307. The number of halogens is 2. The van der Waals surface area contributed by atoms with Gasteiger partial charge in [-0.1, -0.05) is 78.7 Å². The Morgan fingerprint density at radius 2 is 1.54 bits per heavy atom. The van der Waals surface area contributed by atoms with E-state index >= 15 is 0 Å². The van der Waals surface area contributed by atoms with Crippen LogP contribution in [0.2, 0.25) is 10.0 Å². The van der Waals surface area contributed by atoms with Gasteiger partial charge in [0.25, 0.3) is 10.0 Å². The molecule has 0 heterocycles. The topological polar surface area (TPSA) is 105 Å². The third-order valence-electron chi connectivity index (χ3n) is 7.91. The molecule has 0 aromatic heterocycles. The largest absolute Gasteiger partial charge is 0.497 e. The number of para-hydroxylation sites is 2. The molecule has 0 fully saturated rings. The van der Waals surface area contributed by atoms with Crippen LogP contribution >= 0.6 is 23.2 Å². The van der Waals surface area contributed by atoms with E-state index < -0.39 is 28.5 Å². The molecule has 2 amide bonds. The van der Waals surface area contributed by atoms with E-state index in [0.717, 1.165) is 9.87 Å². The SMILES string of the molecule is CC[C@H](C)NC(=O)[C@@H](Cc1ccccc1)N(Cc1ccc(Cl)cc1Cl)C(=O)CN(c1ccccc1OC)S(=O)(=O)c1ccc(OC)cc1. The summed E-state index contributed by atoms with van der Waals surface area (Å²) in [4.78, 5) is 30.0. The van der Waals surface area contributed by atoms with Crippen molar-refractivity contribution in [3.63, 3.8) is 0 Å². The number of hydrogen-bond acceptors (Lipinski definition) is 6. The summed E-state index contributed by atoms with van der Waals surface area (Å²) in [6, 6.07) is 25.4. The molecule has 0 aliphatic carbocycles. The zero-order valence-electron chi connectivity index (χ0n) is 27.2. The monoisotopic (exact) mass is 711 g/mol. The van der Waals surface area contributed by atoms with Gasteiger partial charge >= 0.3 is 0 Å². The number of anilines is 1. The average molecular weight is 713 g/mol. The standard InChI is InChI=1S/C36H39Cl2N3O6S/c1-5-25(2)39-36(43)33(21-26-11-7-6-8-12-26)40(23-27-15-16-28(37)22-31(27)38)35(42)24-41(32-13-9-10-14-34(32)47-4)48(44,45)30-19-17-29(46-3)18-20-30/h6-20,22,25,33H,5,21,23-24H2,1-4H3,(H,39,43)/t25-,33+/m0/s1. The van der Waals surface area contributed by atoms with E-state index in [2.05, 4.69) is 5.32 Å². The Bertz CT molecular complexity index is 1810. The first-order chi connectivity index (χ1) is 23.0. The molecule has 48 heavy (non-hydrogen) atoms. The van der Waals surface area contributed by atoms with E-state index in [1.165, 1.54) is 43.4 Å². The number of ether oxygens (including phenoxy) is 2. The molecule has 0 bridgehead atoms. The lowest BCUT2D eigenvalue weighted by atomic mass is 10.0. The summed E-state index contributed by atoms with van der Waals surface area (Å²) >= 11 is 12.8. The molecule has 4 aromatic carbocycles. The van der Waals surface area contributed by atoms with Crippen molar-refractivity contribution in [1.82, 2.24) is 10.2 Å². The highest BCUT2D eigenvalue weighted by Gasteiger charge is 2.36. The Morgan fingerprint density at radius 3 is 2.17 bits per heavy atom. The second-order valence-corrected chi connectivity index (χ2v) is 13.8. The van der Waals surface area contributed by atoms with Gasteiger partial charge < -0.3 is 19.7 Å². The summed E-state index contributed by atoms with van der Waals surface area (Å²) in [6.45, 7) is 3.08. The molecule has 0 aliphatic rings. The molecule has 9 nitrogen and oxygen atoms in total. The summed E-state index contributed by atoms with van der Waals surface area (Å²) in [5, 5.41) is 3.72. The molecule has 4 rings (SSSR count). The van der Waals surface area contributed by atoms with E-state index in [1.807, 2.05) is 44.2 Å². The number of benzene rings is 4. The molecule has 254 valence electrons. The van der Waals surface area contributed by atoms with Gasteiger partial charge in [-0.05, 0) is 73.0 Å². The predicted molar refractivity (Wildman–Crippen MR) is 189 cm³/mol. The minimum absolute atomic E-state index is 0.0651. The Balaban J connectivity index is 1.85. The molecular formula is C36H39Cl2N3O6S. The second-order valence-electron chi connectivity index (χ2n) is 11.1. The van der Waals surface area contributed by atoms with Crippen LogP contribution in [0, 0.1) is 0 Å². The number of sulfonamides is 1. The zero-order chi connectivity index (χ0) is 34.8. The smallest absolute Gasteiger partial charge is 0.264 e. The number of carbonyl (C=O) groups is 2. The van der Waals surface area contributed by atoms with Crippen LogP contribution in [0.4, 0.5) is 5.69 Å². The van der Waals surface area contributed by atoms with Gasteiger partial charge in [0.1, 0.15) is 24.1 Å². The lowest BCUT2D eigenvalue weighted by Gasteiger charge is -2.34. The normalized spacial score (nSPS) is 12.5. The Kier molecular flexibility index (Phi) is 12.7. The second kappa shape index (κ2) is 16.7. The van der Waals surface area contributed by atoms with Gasteiger partial charge in [0.2, 0.25) is 11.8 Å². The average Bonchev–Trinajstić information content (AvgIpc) is 3.09. The van der Waals surface area contributed by atoms with Gasteiger partial charge in [0.15, 0.2) is 0 Å². The van der Waals surface area contributed by atoms with Crippen LogP contribution < -0.4 is 19.1 Å². The molecule has 2 atom stereocenters. The minimum atomic E-state index is -4.35. The summed E-state index contributed by atoms with van der Waals surface area (Å²) < 4.78 is 40.4.